The third kappa shape index (κ3) is 4.59. The van der Waals surface area contributed by atoms with Gasteiger partial charge in [-0.2, -0.15) is 4.98 Å². The van der Waals surface area contributed by atoms with E-state index in [0.29, 0.717) is 41.1 Å². The Bertz CT molecular complexity index is 955. The maximum absolute atomic E-state index is 12.3. The lowest BCUT2D eigenvalue weighted by Crippen LogP contribution is -2.13. The average molecular weight is 383 g/mol. The summed E-state index contributed by atoms with van der Waals surface area (Å²) in [7, 11) is 4.69. The van der Waals surface area contributed by atoms with Gasteiger partial charge in [-0.05, 0) is 24.3 Å². The molecule has 0 fully saturated rings. The molecule has 146 valence electrons. The quantitative estimate of drug-likeness (QED) is 0.637. The largest absolute Gasteiger partial charge is 0.497 e. The van der Waals surface area contributed by atoms with Gasteiger partial charge in [0.25, 0.3) is 0 Å². The number of hydrogen-bond acceptors (Lipinski definition) is 7. The van der Waals surface area contributed by atoms with E-state index in [1.165, 1.54) is 7.11 Å². The first-order valence-electron chi connectivity index (χ1n) is 8.62. The number of carbonyl (C=O) groups is 1. The molecule has 0 aliphatic carbocycles. The summed E-state index contributed by atoms with van der Waals surface area (Å²) in [6, 6.07) is 12.5. The van der Waals surface area contributed by atoms with Crippen molar-refractivity contribution in [2.24, 2.45) is 0 Å². The minimum Gasteiger partial charge on any atom is -0.497 e. The third-order valence-corrected chi connectivity index (χ3v) is 4.04. The highest BCUT2D eigenvalue weighted by Crippen LogP contribution is 2.29. The van der Waals surface area contributed by atoms with Crippen LogP contribution in [-0.2, 0) is 11.2 Å². The summed E-state index contributed by atoms with van der Waals surface area (Å²) in [6.45, 7) is 0. The normalized spacial score (nSPS) is 10.4. The first-order chi connectivity index (χ1) is 13.6. The van der Waals surface area contributed by atoms with Gasteiger partial charge in [-0.25, -0.2) is 0 Å². The first-order valence-corrected chi connectivity index (χ1v) is 8.62. The second-order valence-electron chi connectivity index (χ2n) is 5.86. The van der Waals surface area contributed by atoms with Crippen molar-refractivity contribution in [2.75, 3.05) is 26.6 Å². The number of amides is 1. The summed E-state index contributed by atoms with van der Waals surface area (Å²) < 4.78 is 20.9. The van der Waals surface area contributed by atoms with Gasteiger partial charge in [-0.15, -0.1) is 0 Å². The zero-order chi connectivity index (χ0) is 19.9. The van der Waals surface area contributed by atoms with Gasteiger partial charge in [0.1, 0.15) is 17.2 Å². The molecule has 1 aromatic heterocycles. The van der Waals surface area contributed by atoms with Crippen LogP contribution in [0, 0.1) is 0 Å². The minimum atomic E-state index is -0.201. The molecule has 2 aromatic carbocycles. The number of benzene rings is 2. The Morgan fingerprint density at radius 1 is 1.04 bits per heavy atom. The van der Waals surface area contributed by atoms with Gasteiger partial charge in [0, 0.05) is 24.5 Å². The fourth-order valence-electron chi connectivity index (χ4n) is 2.58. The Morgan fingerprint density at radius 3 is 2.57 bits per heavy atom. The highest BCUT2D eigenvalue weighted by Gasteiger charge is 2.13. The molecule has 3 rings (SSSR count). The SMILES string of the molecule is COc1cccc(-c2noc(CCC(=O)Nc3cc(OC)ccc3OC)n2)c1. The highest BCUT2D eigenvalue weighted by molar-refractivity contribution is 5.92. The zero-order valence-electron chi connectivity index (χ0n) is 15.9. The smallest absolute Gasteiger partial charge is 0.227 e. The number of hydrogen-bond donors (Lipinski definition) is 1. The van der Waals surface area contributed by atoms with Crippen LogP contribution in [0.1, 0.15) is 12.3 Å². The molecule has 0 saturated carbocycles. The lowest BCUT2D eigenvalue weighted by Gasteiger charge is -2.11. The van der Waals surface area contributed by atoms with Gasteiger partial charge >= 0.3 is 0 Å². The van der Waals surface area contributed by atoms with Crippen LogP contribution in [0.3, 0.4) is 0 Å². The topological polar surface area (TPSA) is 95.7 Å². The molecule has 0 radical (unpaired) electrons. The average Bonchev–Trinajstić information content (AvgIpc) is 3.21. The Labute approximate surface area is 162 Å². The van der Waals surface area contributed by atoms with Crippen LogP contribution in [0.15, 0.2) is 47.0 Å². The van der Waals surface area contributed by atoms with Crippen LogP contribution in [0.25, 0.3) is 11.4 Å². The van der Waals surface area contributed by atoms with Gasteiger partial charge in [0.2, 0.25) is 17.6 Å². The third-order valence-electron chi connectivity index (χ3n) is 4.04. The summed E-state index contributed by atoms with van der Waals surface area (Å²) in [4.78, 5) is 16.6. The van der Waals surface area contributed by atoms with Crippen molar-refractivity contribution in [3.63, 3.8) is 0 Å². The monoisotopic (exact) mass is 383 g/mol. The van der Waals surface area contributed by atoms with Crippen LogP contribution >= 0.6 is 0 Å². The molecular weight excluding hydrogens is 362 g/mol. The molecule has 0 unspecified atom stereocenters. The summed E-state index contributed by atoms with van der Waals surface area (Å²) in [6.07, 6.45) is 0.495. The number of carbonyl (C=O) groups excluding carboxylic acids is 1. The number of methoxy groups -OCH3 is 3. The summed E-state index contributed by atoms with van der Waals surface area (Å²) in [5.74, 6) is 2.50. The van der Waals surface area contributed by atoms with Crippen molar-refractivity contribution in [1.29, 1.82) is 0 Å². The number of aryl methyl sites for hydroxylation is 1. The highest BCUT2D eigenvalue weighted by atomic mass is 16.5. The van der Waals surface area contributed by atoms with Crippen molar-refractivity contribution in [3.8, 4) is 28.6 Å². The Kier molecular flexibility index (Phi) is 6.11. The second kappa shape index (κ2) is 8.90. The standard InChI is InChI=1S/C20H21N3O5/c1-25-14-6-4-5-13(11-14)20-22-19(28-23-20)10-9-18(24)21-16-12-15(26-2)7-8-17(16)27-3/h4-8,11-12H,9-10H2,1-3H3,(H,21,24). The molecule has 0 saturated heterocycles. The lowest BCUT2D eigenvalue weighted by molar-refractivity contribution is -0.116. The number of ether oxygens (including phenoxy) is 3. The van der Waals surface area contributed by atoms with Gasteiger partial charge in [-0.1, -0.05) is 17.3 Å². The van der Waals surface area contributed by atoms with Crippen molar-refractivity contribution < 1.29 is 23.5 Å². The lowest BCUT2D eigenvalue weighted by atomic mass is 10.2. The van der Waals surface area contributed by atoms with E-state index < -0.39 is 0 Å². The van der Waals surface area contributed by atoms with E-state index in [1.807, 2.05) is 24.3 Å². The summed E-state index contributed by atoms with van der Waals surface area (Å²) in [5, 5.41) is 6.77. The molecule has 0 bridgehead atoms. The zero-order valence-corrected chi connectivity index (χ0v) is 15.9. The van der Waals surface area contributed by atoms with Gasteiger partial charge in [-0.3, -0.25) is 4.79 Å². The van der Waals surface area contributed by atoms with Crippen LogP contribution in [-0.4, -0.2) is 37.4 Å². The molecule has 0 aliphatic heterocycles. The van der Waals surface area contributed by atoms with Crippen molar-refractivity contribution >= 4 is 11.6 Å². The van der Waals surface area contributed by atoms with E-state index in [1.54, 1.807) is 32.4 Å². The van der Waals surface area contributed by atoms with Crippen molar-refractivity contribution in [2.45, 2.75) is 12.8 Å². The summed E-state index contributed by atoms with van der Waals surface area (Å²) >= 11 is 0. The van der Waals surface area contributed by atoms with Crippen molar-refractivity contribution in [3.05, 3.63) is 48.4 Å². The first kappa shape index (κ1) is 19.2. The molecule has 0 spiro atoms. The van der Waals surface area contributed by atoms with E-state index in [2.05, 4.69) is 15.5 Å². The number of rotatable bonds is 8. The predicted molar refractivity (Wildman–Crippen MR) is 103 cm³/mol. The molecule has 1 heterocycles. The second-order valence-corrected chi connectivity index (χ2v) is 5.86. The van der Waals surface area contributed by atoms with Crippen molar-refractivity contribution in [1.82, 2.24) is 10.1 Å². The molecule has 28 heavy (non-hydrogen) atoms. The fourth-order valence-corrected chi connectivity index (χ4v) is 2.58. The molecule has 8 nitrogen and oxygen atoms in total. The Hall–Kier alpha value is -3.55. The van der Waals surface area contributed by atoms with Crippen LogP contribution in [0.4, 0.5) is 5.69 Å². The van der Waals surface area contributed by atoms with E-state index in [0.717, 1.165) is 5.56 Å². The fraction of sp³-hybridized carbons (Fsp3) is 0.250. The Morgan fingerprint density at radius 2 is 1.82 bits per heavy atom. The molecule has 0 atom stereocenters. The summed E-state index contributed by atoms with van der Waals surface area (Å²) in [5.41, 5.74) is 1.31. The number of aromatic nitrogens is 2. The van der Waals surface area contributed by atoms with Gasteiger partial charge < -0.3 is 24.1 Å². The molecular formula is C20H21N3O5. The number of nitrogens with one attached hydrogen (secondary N) is 1. The Balaban J connectivity index is 1.62. The maximum Gasteiger partial charge on any atom is 0.227 e. The molecule has 8 heteroatoms. The minimum absolute atomic E-state index is 0.181. The van der Waals surface area contributed by atoms with Crippen LogP contribution in [0.2, 0.25) is 0 Å². The van der Waals surface area contributed by atoms with Crippen LogP contribution < -0.4 is 19.5 Å². The van der Waals surface area contributed by atoms with E-state index in [9.17, 15) is 4.79 Å². The molecule has 1 N–H and O–H groups in total. The van der Waals surface area contributed by atoms with E-state index in [4.69, 9.17) is 18.7 Å². The maximum atomic E-state index is 12.3. The predicted octanol–water partition coefficient (Wildman–Crippen LogP) is 3.33. The molecule has 0 aliphatic rings. The number of anilines is 1. The van der Waals surface area contributed by atoms with Crippen LogP contribution in [0.5, 0.6) is 17.2 Å². The van der Waals surface area contributed by atoms with Gasteiger partial charge in [0.05, 0.1) is 27.0 Å². The molecule has 1 amide bonds. The van der Waals surface area contributed by atoms with E-state index in [-0.39, 0.29) is 12.3 Å². The molecule has 3 aromatic rings. The van der Waals surface area contributed by atoms with E-state index >= 15 is 0 Å². The number of nitrogens with zero attached hydrogens (tertiary/aromatic N) is 2. The van der Waals surface area contributed by atoms with Gasteiger partial charge in [0.15, 0.2) is 0 Å².